The van der Waals surface area contributed by atoms with Crippen LogP contribution < -0.4 is 0 Å². The molecule has 0 aliphatic heterocycles. The predicted octanol–water partition coefficient (Wildman–Crippen LogP) is 2.51. The maximum absolute atomic E-state index is 10.5. The van der Waals surface area contributed by atoms with E-state index in [2.05, 4.69) is 32.0 Å². The van der Waals surface area contributed by atoms with E-state index in [9.17, 15) is 8.42 Å². The van der Waals surface area contributed by atoms with E-state index in [1.165, 1.54) is 16.7 Å². The Bertz CT molecular complexity index is 449. The Kier molecular flexibility index (Phi) is 4.50. The Morgan fingerprint density at radius 3 is 2.38 bits per heavy atom. The molecule has 0 aliphatic rings. The van der Waals surface area contributed by atoms with Crippen molar-refractivity contribution in [3.63, 3.8) is 0 Å². The number of aryl methyl sites for hydroxylation is 3. The minimum Gasteiger partial charge on any atom is -0.286 e. The average molecular weight is 242 g/mol. The zero-order valence-corrected chi connectivity index (χ0v) is 10.5. The van der Waals surface area contributed by atoms with Gasteiger partial charge in [-0.2, -0.15) is 8.42 Å². The smallest absolute Gasteiger partial charge is 0.264 e. The Morgan fingerprint density at radius 2 is 1.81 bits per heavy atom. The summed E-state index contributed by atoms with van der Waals surface area (Å²) in [6, 6.07) is 6.27. The van der Waals surface area contributed by atoms with Gasteiger partial charge in [-0.3, -0.25) is 4.55 Å². The summed E-state index contributed by atoms with van der Waals surface area (Å²) in [4.78, 5) is 0. The zero-order chi connectivity index (χ0) is 12.2. The highest BCUT2D eigenvalue weighted by Crippen LogP contribution is 2.12. The first kappa shape index (κ1) is 13.2. The molecule has 0 heterocycles. The summed E-state index contributed by atoms with van der Waals surface area (Å²) in [5, 5.41) is 0. The summed E-state index contributed by atoms with van der Waals surface area (Å²) in [6.45, 7) is 4.13. The van der Waals surface area contributed by atoms with Crippen molar-refractivity contribution < 1.29 is 13.0 Å². The first-order valence-electron chi connectivity index (χ1n) is 5.40. The van der Waals surface area contributed by atoms with Gasteiger partial charge in [0.15, 0.2) is 0 Å². The number of hydrogen-bond acceptors (Lipinski definition) is 2. The summed E-state index contributed by atoms with van der Waals surface area (Å²) in [5.74, 6) is -0.141. The van der Waals surface area contributed by atoms with Crippen molar-refractivity contribution in [1.82, 2.24) is 0 Å². The molecule has 0 saturated carbocycles. The highest BCUT2D eigenvalue weighted by Gasteiger charge is 2.03. The molecule has 0 unspecified atom stereocenters. The second-order valence-electron chi connectivity index (χ2n) is 4.16. The van der Waals surface area contributed by atoms with Crippen molar-refractivity contribution >= 4 is 10.1 Å². The summed E-state index contributed by atoms with van der Waals surface area (Å²) < 4.78 is 29.6. The van der Waals surface area contributed by atoms with Gasteiger partial charge in [0.1, 0.15) is 0 Å². The number of benzene rings is 1. The summed E-state index contributed by atoms with van der Waals surface area (Å²) in [5.41, 5.74) is 3.74. The highest BCUT2D eigenvalue weighted by atomic mass is 32.2. The van der Waals surface area contributed by atoms with E-state index in [0.29, 0.717) is 6.42 Å². The molecular formula is C12H18O3S. The first-order chi connectivity index (χ1) is 7.38. The van der Waals surface area contributed by atoms with Gasteiger partial charge in [0.2, 0.25) is 0 Å². The Labute approximate surface area is 97.2 Å². The van der Waals surface area contributed by atoms with Crippen LogP contribution in [0.2, 0.25) is 0 Å². The molecule has 0 aromatic heterocycles. The number of rotatable bonds is 5. The third-order valence-electron chi connectivity index (χ3n) is 2.69. The molecule has 0 fully saturated rings. The largest absolute Gasteiger partial charge is 0.286 e. The molecule has 0 amide bonds. The molecular weight excluding hydrogens is 224 g/mol. The standard InChI is InChI=1S/C12H18O3S/c1-10-6-7-12(9-11(10)2)5-3-4-8-16(13,14)15/h6-7,9H,3-5,8H2,1-2H3,(H,13,14,15). The van der Waals surface area contributed by atoms with Gasteiger partial charge >= 0.3 is 0 Å². The molecule has 0 atom stereocenters. The van der Waals surface area contributed by atoms with E-state index in [0.717, 1.165) is 12.8 Å². The minimum atomic E-state index is -3.79. The van der Waals surface area contributed by atoms with Crippen molar-refractivity contribution in [3.8, 4) is 0 Å². The number of unbranched alkanes of at least 4 members (excludes halogenated alkanes) is 1. The van der Waals surface area contributed by atoms with E-state index in [4.69, 9.17) is 4.55 Å². The van der Waals surface area contributed by atoms with Gasteiger partial charge < -0.3 is 0 Å². The maximum Gasteiger partial charge on any atom is 0.264 e. The average Bonchev–Trinajstić information content (AvgIpc) is 2.17. The van der Waals surface area contributed by atoms with E-state index in [1.807, 2.05) is 0 Å². The summed E-state index contributed by atoms with van der Waals surface area (Å²) in [7, 11) is -3.79. The molecule has 3 nitrogen and oxygen atoms in total. The lowest BCUT2D eigenvalue weighted by Gasteiger charge is -2.04. The van der Waals surface area contributed by atoms with Crippen LogP contribution in [0.1, 0.15) is 29.5 Å². The number of hydrogen-bond donors (Lipinski definition) is 1. The first-order valence-corrected chi connectivity index (χ1v) is 7.01. The predicted molar refractivity (Wildman–Crippen MR) is 65.3 cm³/mol. The van der Waals surface area contributed by atoms with Crippen LogP contribution in [0, 0.1) is 13.8 Å². The third-order valence-corrected chi connectivity index (χ3v) is 3.49. The fraction of sp³-hybridized carbons (Fsp3) is 0.500. The Morgan fingerprint density at radius 1 is 1.12 bits per heavy atom. The molecule has 0 saturated heterocycles. The third kappa shape index (κ3) is 4.77. The van der Waals surface area contributed by atoms with Crippen LogP contribution in [-0.2, 0) is 16.5 Å². The van der Waals surface area contributed by atoms with Crippen molar-refractivity contribution in [1.29, 1.82) is 0 Å². The summed E-state index contributed by atoms with van der Waals surface area (Å²) in [6.07, 6.45) is 2.14. The SMILES string of the molecule is Cc1ccc(CCCCS(=O)(=O)O)cc1C. The van der Waals surface area contributed by atoms with Crippen LogP contribution in [0.3, 0.4) is 0 Å². The normalized spacial score (nSPS) is 11.7. The molecule has 1 N–H and O–H groups in total. The fourth-order valence-corrected chi connectivity index (χ4v) is 2.14. The molecule has 4 heteroatoms. The van der Waals surface area contributed by atoms with Crippen LogP contribution in [-0.4, -0.2) is 18.7 Å². The molecule has 1 aromatic rings. The van der Waals surface area contributed by atoms with Crippen molar-refractivity contribution in [2.24, 2.45) is 0 Å². The van der Waals surface area contributed by atoms with Crippen LogP contribution in [0.4, 0.5) is 0 Å². The zero-order valence-electron chi connectivity index (χ0n) is 9.73. The lowest BCUT2D eigenvalue weighted by molar-refractivity contribution is 0.480. The van der Waals surface area contributed by atoms with Gasteiger partial charge in [0.25, 0.3) is 10.1 Å². The Hall–Kier alpha value is -0.870. The monoisotopic (exact) mass is 242 g/mol. The maximum atomic E-state index is 10.5. The van der Waals surface area contributed by atoms with Crippen molar-refractivity contribution in [3.05, 3.63) is 34.9 Å². The Balaban J connectivity index is 2.41. The highest BCUT2D eigenvalue weighted by molar-refractivity contribution is 7.85. The molecule has 0 aliphatic carbocycles. The quantitative estimate of drug-likeness (QED) is 0.637. The molecule has 16 heavy (non-hydrogen) atoms. The van der Waals surface area contributed by atoms with Crippen LogP contribution >= 0.6 is 0 Å². The van der Waals surface area contributed by atoms with E-state index < -0.39 is 10.1 Å². The van der Waals surface area contributed by atoms with Gasteiger partial charge in [-0.15, -0.1) is 0 Å². The second-order valence-corrected chi connectivity index (χ2v) is 5.73. The van der Waals surface area contributed by atoms with Crippen molar-refractivity contribution in [2.45, 2.75) is 33.1 Å². The van der Waals surface area contributed by atoms with E-state index in [-0.39, 0.29) is 5.75 Å². The molecule has 0 radical (unpaired) electrons. The van der Waals surface area contributed by atoms with Crippen molar-refractivity contribution in [2.75, 3.05) is 5.75 Å². The molecule has 0 spiro atoms. The van der Waals surface area contributed by atoms with Gasteiger partial charge in [-0.05, 0) is 49.8 Å². The molecule has 0 bridgehead atoms. The van der Waals surface area contributed by atoms with Gasteiger partial charge in [-0.1, -0.05) is 18.2 Å². The lowest BCUT2D eigenvalue weighted by Crippen LogP contribution is -2.03. The second kappa shape index (κ2) is 5.46. The van der Waals surface area contributed by atoms with Gasteiger partial charge in [0, 0.05) is 0 Å². The molecule has 1 rings (SSSR count). The van der Waals surface area contributed by atoms with Gasteiger partial charge in [-0.25, -0.2) is 0 Å². The summed E-state index contributed by atoms with van der Waals surface area (Å²) >= 11 is 0. The van der Waals surface area contributed by atoms with E-state index >= 15 is 0 Å². The minimum absolute atomic E-state index is 0.141. The van der Waals surface area contributed by atoms with Crippen LogP contribution in [0.15, 0.2) is 18.2 Å². The lowest BCUT2D eigenvalue weighted by atomic mass is 10.0. The van der Waals surface area contributed by atoms with Crippen LogP contribution in [0.5, 0.6) is 0 Å². The van der Waals surface area contributed by atoms with Gasteiger partial charge in [0.05, 0.1) is 5.75 Å². The van der Waals surface area contributed by atoms with Crippen LogP contribution in [0.25, 0.3) is 0 Å². The molecule has 1 aromatic carbocycles. The topological polar surface area (TPSA) is 54.4 Å². The fourth-order valence-electron chi connectivity index (χ4n) is 1.57. The van der Waals surface area contributed by atoms with E-state index in [1.54, 1.807) is 0 Å². The molecule has 90 valence electrons.